The van der Waals surface area contributed by atoms with Gasteiger partial charge in [-0.2, -0.15) is 14.0 Å². The van der Waals surface area contributed by atoms with Crippen LogP contribution in [0.1, 0.15) is 11.3 Å². The Morgan fingerprint density at radius 3 is 2.38 bits per heavy atom. The molecule has 1 aromatic heterocycles. The van der Waals surface area contributed by atoms with E-state index in [1.807, 2.05) is 0 Å². The summed E-state index contributed by atoms with van der Waals surface area (Å²) in [5.41, 5.74) is -0.618. The highest BCUT2D eigenvalue weighted by Crippen LogP contribution is 2.19. The van der Waals surface area contributed by atoms with Gasteiger partial charge in [-0.25, -0.2) is 9.37 Å². The molecule has 0 bridgehead atoms. The summed E-state index contributed by atoms with van der Waals surface area (Å²) in [6.07, 6.45) is 0. The van der Waals surface area contributed by atoms with E-state index in [9.17, 15) is 13.2 Å². The van der Waals surface area contributed by atoms with Gasteiger partial charge < -0.3 is 0 Å². The van der Waals surface area contributed by atoms with Crippen molar-refractivity contribution in [2.75, 3.05) is 0 Å². The molecule has 0 aliphatic heterocycles. The molecule has 0 spiro atoms. The quantitative estimate of drug-likeness (QED) is 0.453. The molecule has 0 aromatic carbocycles. The van der Waals surface area contributed by atoms with E-state index in [4.69, 9.17) is 5.26 Å². The van der Waals surface area contributed by atoms with Gasteiger partial charge in [0.15, 0.2) is 11.5 Å². The highest BCUT2D eigenvalue weighted by atomic mass is 127. The number of aromatic nitrogens is 1. The Bertz CT molecular complexity index is 386. The summed E-state index contributed by atoms with van der Waals surface area (Å²) in [5, 5.41) is 8.42. The number of hydrogen-bond donors (Lipinski definition) is 0. The topological polar surface area (TPSA) is 36.7 Å². The van der Waals surface area contributed by atoms with Crippen molar-refractivity contribution in [2.45, 2.75) is 4.43 Å². The molecule has 1 heterocycles. The van der Waals surface area contributed by atoms with Gasteiger partial charge in [-0.15, -0.1) is 0 Å². The zero-order valence-corrected chi connectivity index (χ0v) is 8.27. The van der Waals surface area contributed by atoms with E-state index in [1.165, 1.54) is 6.07 Å². The number of hydrogen-bond acceptors (Lipinski definition) is 2. The maximum Gasteiger partial charge on any atom is 0.253 e. The van der Waals surface area contributed by atoms with Crippen LogP contribution in [0.4, 0.5) is 13.2 Å². The average molecular weight is 298 g/mol. The Morgan fingerprint density at radius 2 is 1.92 bits per heavy atom. The van der Waals surface area contributed by atoms with Gasteiger partial charge in [0.1, 0.15) is 6.07 Å². The third-order valence-electron chi connectivity index (χ3n) is 1.37. The molecule has 1 aromatic rings. The van der Waals surface area contributed by atoms with Crippen molar-refractivity contribution in [2.24, 2.45) is 0 Å². The summed E-state index contributed by atoms with van der Waals surface area (Å²) in [6, 6.07) is 1.49. The van der Waals surface area contributed by atoms with Crippen LogP contribution in [0.2, 0.25) is 0 Å². The van der Waals surface area contributed by atoms with E-state index in [2.05, 4.69) is 4.98 Å². The molecule has 68 valence electrons. The monoisotopic (exact) mass is 298 g/mol. The summed E-state index contributed by atoms with van der Waals surface area (Å²) in [6.45, 7) is 0. The van der Waals surface area contributed by atoms with Gasteiger partial charge in [0.25, 0.3) is 5.95 Å². The second-order valence-corrected chi connectivity index (χ2v) is 2.87. The van der Waals surface area contributed by atoms with E-state index in [1.54, 1.807) is 22.6 Å². The highest BCUT2D eigenvalue weighted by molar-refractivity contribution is 14.1. The minimum atomic E-state index is -1.63. The molecule has 1 rings (SSSR count). The van der Waals surface area contributed by atoms with E-state index in [-0.39, 0.29) is 9.99 Å². The van der Waals surface area contributed by atoms with Crippen molar-refractivity contribution in [1.29, 1.82) is 5.26 Å². The Morgan fingerprint density at radius 1 is 1.31 bits per heavy atom. The molecule has 0 aliphatic carbocycles. The molecule has 0 atom stereocenters. The largest absolute Gasteiger partial charge is 0.253 e. The van der Waals surface area contributed by atoms with Crippen molar-refractivity contribution in [3.8, 4) is 6.07 Å². The Labute approximate surface area is 85.5 Å². The van der Waals surface area contributed by atoms with E-state index >= 15 is 0 Å². The highest BCUT2D eigenvalue weighted by Gasteiger charge is 2.18. The first-order chi connectivity index (χ1) is 6.11. The first-order valence-corrected chi connectivity index (χ1v) is 4.63. The molecular formula is C7H2F3IN2. The van der Waals surface area contributed by atoms with Gasteiger partial charge in [-0.05, 0) is 0 Å². The number of rotatable bonds is 1. The van der Waals surface area contributed by atoms with Crippen LogP contribution in [0.5, 0.6) is 0 Å². The number of nitrogens with zero attached hydrogens (tertiary/aromatic N) is 2. The maximum absolute atomic E-state index is 12.9. The first kappa shape index (κ1) is 10.2. The summed E-state index contributed by atoms with van der Waals surface area (Å²) in [4.78, 5) is 2.98. The normalized spacial score (nSPS) is 9.77. The molecule has 0 fully saturated rings. The lowest BCUT2D eigenvalue weighted by atomic mass is 10.2. The third-order valence-corrected chi connectivity index (χ3v) is 2.14. The molecule has 0 saturated carbocycles. The fourth-order valence-electron chi connectivity index (χ4n) is 0.756. The number of pyridine rings is 1. The predicted molar refractivity (Wildman–Crippen MR) is 46.6 cm³/mol. The average Bonchev–Trinajstić information content (AvgIpc) is 2.13. The summed E-state index contributed by atoms with van der Waals surface area (Å²) in [7, 11) is 0. The van der Waals surface area contributed by atoms with Gasteiger partial charge >= 0.3 is 0 Å². The zero-order chi connectivity index (χ0) is 10.0. The van der Waals surface area contributed by atoms with Crippen LogP contribution in [0.15, 0.2) is 0 Å². The van der Waals surface area contributed by atoms with Gasteiger partial charge in [-0.3, -0.25) is 0 Å². The minimum Gasteiger partial charge on any atom is -0.206 e. The second-order valence-electron chi connectivity index (χ2n) is 2.10. The molecule has 0 amide bonds. The van der Waals surface area contributed by atoms with Crippen molar-refractivity contribution < 1.29 is 13.2 Å². The molecule has 0 N–H and O–H groups in total. The minimum absolute atomic E-state index is 0.0662. The van der Waals surface area contributed by atoms with Gasteiger partial charge in [0.2, 0.25) is 5.82 Å². The lowest BCUT2D eigenvalue weighted by Crippen LogP contribution is -2.04. The molecule has 6 heteroatoms. The lowest BCUT2D eigenvalue weighted by molar-refractivity contribution is 0.422. The Kier molecular flexibility index (Phi) is 3.08. The van der Waals surface area contributed by atoms with Crippen LogP contribution in [-0.4, -0.2) is 4.98 Å². The standard InChI is InChI=1S/C7H2F3IN2/c8-5-3(1-11)4(2-12)13-7(10)6(5)9/h1H2. The molecule has 0 aliphatic rings. The summed E-state index contributed by atoms with van der Waals surface area (Å²) < 4.78 is 38.0. The maximum atomic E-state index is 12.9. The molecule has 0 unspecified atom stereocenters. The van der Waals surface area contributed by atoms with Gasteiger partial charge in [0, 0.05) is 9.99 Å². The third kappa shape index (κ3) is 1.75. The van der Waals surface area contributed by atoms with Crippen molar-refractivity contribution in [3.05, 3.63) is 28.8 Å². The molecule has 2 nitrogen and oxygen atoms in total. The van der Waals surface area contributed by atoms with Crippen LogP contribution >= 0.6 is 22.6 Å². The van der Waals surface area contributed by atoms with E-state index in [0.29, 0.717) is 0 Å². The number of halogens is 4. The van der Waals surface area contributed by atoms with Crippen molar-refractivity contribution in [3.63, 3.8) is 0 Å². The zero-order valence-electron chi connectivity index (χ0n) is 6.11. The summed E-state index contributed by atoms with van der Waals surface area (Å²) >= 11 is 1.74. The number of nitriles is 1. The van der Waals surface area contributed by atoms with Gasteiger partial charge in [-0.1, -0.05) is 22.6 Å². The second kappa shape index (κ2) is 3.91. The molecule has 13 heavy (non-hydrogen) atoms. The van der Waals surface area contributed by atoms with Crippen LogP contribution in [0.3, 0.4) is 0 Å². The fourth-order valence-corrected chi connectivity index (χ4v) is 1.45. The van der Waals surface area contributed by atoms with E-state index < -0.39 is 23.3 Å². The SMILES string of the molecule is N#Cc1nc(F)c(F)c(F)c1CI. The number of alkyl halides is 1. The van der Waals surface area contributed by atoms with Crippen LogP contribution in [-0.2, 0) is 4.43 Å². The van der Waals surface area contributed by atoms with E-state index in [0.717, 1.165) is 0 Å². The molecule has 0 radical (unpaired) electrons. The fraction of sp³-hybridized carbons (Fsp3) is 0.143. The smallest absolute Gasteiger partial charge is 0.206 e. The van der Waals surface area contributed by atoms with Crippen LogP contribution in [0.25, 0.3) is 0 Å². The molecular weight excluding hydrogens is 296 g/mol. The Balaban J connectivity index is 3.50. The summed E-state index contributed by atoms with van der Waals surface area (Å²) in [5.74, 6) is -4.55. The van der Waals surface area contributed by atoms with Crippen molar-refractivity contribution >= 4 is 22.6 Å². The van der Waals surface area contributed by atoms with Crippen LogP contribution in [0, 0.1) is 28.9 Å². The molecule has 0 saturated heterocycles. The first-order valence-electron chi connectivity index (χ1n) is 3.11. The van der Waals surface area contributed by atoms with Gasteiger partial charge in [0.05, 0.1) is 0 Å². The predicted octanol–water partition coefficient (Wildman–Crippen LogP) is 2.31. The van der Waals surface area contributed by atoms with Crippen molar-refractivity contribution in [1.82, 2.24) is 4.98 Å². The van der Waals surface area contributed by atoms with Crippen LogP contribution < -0.4 is 0 Å². The Hall–Kier alpha value is -0.840. The lowest BCUT2D eigenvalue weighted by Gasteiger charge is -2.01.